The van der Waals surface area contributed by atoms with Crippen LogP contribution in [0.15, 0.2) is 0 Å². The molecule has 0 aliphatic carbocycles. The molecule has 12 heavy (non-hydrogen) atoms. The van der Waals surface area contributed by atoms with Crippen LogP contribution in [0.25, 0.3) is 0 Å². The van der Waals surface area contributed by atoms with Crippen LogP contribution in [-0.4, -0.2) is 30.2 Å². The summed E-state index contributed by atoms with van der Waals surface area (Å²) in [6, 6.07) is 0. The summed E-state index contributed by atoms with van der Waals surface area (Å²) in [7, 11) is 0. The second-order valence-electron chi connectivity index (χ2n) is 3.22. The van der Waals surface area contributed by atoms with E-state index in [4.69, 9.17) is 4.74 Å². The van der Waals surface area contributed by atoms with Gasteiger partial charge in [0.1, 0.15) is 0 Å². The average Bonchev–Trinajstić information content (AvgIpc) is 2.51. The number of esters is 1. The summed E-state index contributed by atoms with van der Waals surface area (Å²) in [4.78, 5) is 13.0. The Morgan fingerprint density at radius 1 is 1.50 bits per heavy atom. The van der Waals surface area contributed by atoms with Gasteiger partial charge in [-0.2, -0.15) is 0 Å². The summed E-state index contributed by atoms with van der Waals surface area (Å²) in [6.45, 7) is 5.67. The van der Waals surface area contributed by atoms with E-state index in [2.05, 4.69) is 4.90 Å². The Labute approximate surface area is 73.7 Å². The van der Waals surface area contributed by atoms with Crippen LogP contribution in [0.2, 0.25) is 0 Å². The molecule has 0 amide bonds. The fourth-order valence-electron chi connectivity index (χ4n) is 1.64. The van der Waals surface area contributed by atoms with Crippen LogP contribution in [0.4, 0.5) is 0 Å². The van der Waals surface area contributed by atoms with Gasteiger partial charge in [0.15, 0.2) is 6.23 Å². The maximum atomic E-state index is 10.7. The Bertz CT molecular complexity index is 153. The second kappa shape index (κ2) is 4.45. The molecule has 1 atom stereocenters. The molecular weight excluding hydrogens is 154 g/mol. The van der Waals surface area contributed by atoms with E-state index in [9.17, 15) is 4.79 Å². The molecule has 0 aromatic carbocycles. The van der Waals surface area contributed by atoms with Gasteiger partial charge in [-0.1, -0.05) is 6.92 Å². The molecule has 1 unspecified atom stereocenters. The van der Waals surface area contributed by atoms with E-state index in [0.29, 0.717) is 0 Å². The summed E-state index contributed by atoms with van der Waals surface area (Å²) < 4.78 is 5.17. The van der Waals surface area contributed by atoms with Gasteiger partial charge >= 0.3 is 5.97 Å². The molecule has 0 spiro atoms. The maximum Gasteiger partial charge on any atom is 0.304 e. The van der Waals surface area contributed by atoms with E-state index in [1.165, 1.54) is 19.8 Å². The topological polar surface area (TPSA) is 29.5 Å². The third-order valence-electron chi connectivity index (χ3n) is 2.20. The molecule has 0 saturated carbocycles. The highest BCUT2D eigenvalue weighted by Gasteiger charge is 2.22. The van der Waals surface area contributed by atoms with Crippen molar-refractivity contribution < 1.29 is 9.53 Å². The lowest BCUT2D eigenvalue weighted by Gasteiger charge is -2.25. The third kappa shape index (κ3) is 2.48. The summed E-state index contributed by atoms with van der Waals surface area (Å²) in [6.07, 6.45) is 3.37. The summed E-state index contributed by atoms with van der Waals surface area (Å²) >= 11 is 0. The zero-order valence-corrected chi connectivity index (χ0v) is 7.88. The van der Waals surface area contributed by atoms with Crippen molar-refractivity contribution in [2.75, 3.05) is 13.1 Å². The smallest absolute Gasteiger partial charge is 0.304 e. The normalized spacial score (nSPS) is 20.8. The number of hydrogen-bond donors (Lipinski definition) is 0. The molecule has 1 saturated heterocycles. The number of likely N-dealkylation sites (tertiary alicyclic amines) is 1. The first-order valence-corrected chi connectivity index (χ1v) is 4.65. The number of rotatable bonds is 3. The Kier molecular flexibility index (Phi) is 3.53. The van der Waals surface area contributed by atoms with Gasteiger partial charge < -0.3 is 4.74 Å². The van der Waals surface area contributed by atoms with Gasteiger partial charge in [-0.15, -0.1) is 0 Å². The fourth-order valence-corrected chi connectivity index (χ4v) is 1.64. The van der Waals surface area contributed by atoms with Gasteiger partial charge in [-0.25, -0.2) is 0 Å². The third-order valence-corrected chi connectivity index (χ3v) is 2.20. The number of nitrogens with zero attached hydrogens (tertiary/aromatic N) is 1. The molecule has 3 heteroatoms. The zero-order chi connectivity index (χ0) is 8.97. The molecule has 1 rings (SSSR count). The van der Waals surface area contributed by atoms with Gasteiger partial charge in [-0.05, 0) is 19.3 Å². The average molecular weight is 171 g/mol. The quantitative estimate of drug-likeness (QED) is 0.601. The van der Waals surface area contributed by atoms with Crippen molar-refractivity contribution >= 4 is 5.97 Å². The van der Waals surface area contributed by atoms with Crippen molar-refractivity contribution in [3.63, 3.8) is 0 Å². The van der Waals surface area contributed by atoms with Gasteiger partial charge in [0.25, 0.3) is 0 Å². The number of ether oxygens (including phenoxy) is 1. The van der Waals surface area contributed by atoms with Gasteiger partial charge in [0, 0.05) is 20.0 Å². The zero-order valence-electron chi connectivity index (χ0n) is 7.88. The Balaban J connectivity index is 2.37. The van der Waals surface area contributed by atoms with Gasteiger partial charge in [0.05, 0.1) is 0 Å². The van der Waals surface area contributed by atoms with E-state index in [-0.39, 0.29) is 12.2 Å². The molecule has 0 radical (unpaired) electrons. The van der Waals surface area contributed by atoms with Crippen LogP contribution < -0.4 is 0 Å². The maximum absolute atomic E-state index is 10.7. The van der Waals surface area contributed by atoms with Crippen molar-refractivity contribution in [2.24, 2.45) is 0 Å². The van der Waals surface area contributed by atoms with Crippen molar-refractivity contribution in [2.45, 2.75) is 39.3 Å². The lowest BCUT2D eigenvalue weighted by molar-refractivity contribution is -0.155. The van der Waals surface area contributed by atoms with E-state index < -0.39 is 0 Å². The highest BCUT2D eigenvalue weighted by Crippen LogP contribution is 2.14. The van der Waals surface area contributed by atoms with E-state index in [1.807, 2.05) is 6.92 Å². The highest BCUT2D eigenvalue weighted by atomic mass is 16.6. The van der Waals surface area contributed by atoms with Crippen LogP contribution in [0.1, 0.15) is 33.1 Å². The van der Waals surface area contributed by atoms with Crippen LogP contribution in [0.3, 0.4) is 0 Å². The van der Waals surface area contributed by atoms with Crippen molar-refractivity contribution in [1.29, 1.82) is 0 Å². The number of carbonyl (C=O) groups excluding carboxylic acids is 1. The van der Waals surface area contributed by atoms with Crippen LogP contribution in [0, 0.1) is 0 Å². The van der Waals surface area contributed by atoms with Gasteiger partial charge in [-0.3, -0.25) is 9.69 Å². The largest absolute Gasteiger partial charge is 0.447 e. The molecule has 1 aliphatic rings. The Hall–Kier alpha value is -0.570. The second-order valence-corrected chi connectivity index (χ2v) is 3.22. The van der Waals surface area contributed by atoms with Crippen molar-refractivity contribution in [1.82, 2.24) is 4.90 Å². The molecule has 0 aromatic rings. The first-order chi connectivity index (χ1) is 5.74. The monoisotopic (exact) mass is 171 g/mol. The van der Waals surface area contributed by atoms with E-state index >= 15 is 0 Å². The summed E-state index contributed by atoms with van der Waals surface area (Å²) in [5.74, 6) is -0.172. The van der Waals surface area contributed by atoms with E-state index in [0.717, 1.165) is 19.5 Å². The molecule has 1 fully saturated rings. The van der Waals surface area contributed by atoms with Crippen LogP contribution in [0.5, 0.6) is 0 Å². The lowest BCUT2D eigenvalue weighted by Crippen LogP contribution is -2.35. The minimum absolute atomic E-state index is 0.0185. The molecule has 70 valence electrons. The van der Waals surface area contributed by atoms with Gasteiger partial charge in [0.2, 0.25) is 0 Å². The predicted molar refractivity (Wildman–Crippen MR) is 46.7 cm³/mol. The number of hydrogen-bond acceptors (Lipinski definition) is 3. The SMILES string of the molecule is CCC(OC(C)=O)N1CCCC1. The molecule has 0 bridgehead atoms. The minimum atomic E-state index is -0.172. The minimum Gasteiger partial charge on any atom is -0.447 e. The predicted octanol–water partition coefficient (Wildman–Crippen LogP) is 1.38. The number of carbonyl (C=O) groups is 1. The van der Waals surface area contributed by atoms with Crippen molar-refractivity contribution in [3.8, 4) is 0 Å². The highest BCUT2D eigenvalue weighted by molar-refractivity contribution is 5.66. The Morgan fingerprint density at radius 3 is 2.50 bits per heavy atom. The Morgan fingerprint density at radius 2 is 2.08 bits per heavy atom. The molecule has 0 N–H and O–H groups in total. The first kappa shape index (κ1) is 9.52. The van der Waals surface area contributed by atoms with Crippen LogP contribution in [-0.2, 0) is 9.53 Å². The van der Waals surface area contributed by atoms with Crippen molar-refractivity contribution in [3.05, 3.63) is 0 Å². The molecular formula is C9H17NO2. The lowest BCUT2D eigenvalue weighted by atomic mass is 10.4. The fraction of sp³-hybridized carbons (Fsp3) is 0.889. The molecule has 3 nitrogen and oxygen atoms in total. The molecule has 1 heterocycles. The first-order valence-electron chi connectivity index (χ1n) is 4.65. The molecule has 1 aliphatic heterocycles. The molecule has 0 aromatic heterocycles. The summed E-state index contributed by atoms with van der Waals surface area (Å²) in [5.41, 5.74) is 0. The summed E-state index contributed by atoms with van der Waals surface area (Å²) in [5, 5.41) is 0. The van der Waals surface area contributed by atoms with E-state index in [1.54, 1.807) is 0 Å². The standard InChI is InChI=1S/C9H17NO2/c1-3-9(12-8(2)11)10-6-4-5-7-10/h9H,3-7H2,1-2H3. The van der Waals surface area contributed by atoms with Crippen LogP contribution >= 0.6 is 0 Å².